The van der Waals surface area contributed by atoms with Crippen LogP contribution < -0.4 is 5.73 Å². The van der Waals surface area contributed by atoms with Crippen LogP contribution in [0.3, 0.4) is 0 Å². The Morgan fingerprint density at radius 1 is 0.895 bits per heavy atom. The second-order valence-electron chi connectivity index (χ2n) is 5.34. The third-order valence-electron chi connectivity index (χ3n) is 3.66. The zero-order valence-corrected chi connectivity index (χ0v) is 11.8. The quantitative estimate of drug-likeness (QED) is 0.761. The van der Waals surface area contributed by atoms with Gasteiger partial charge in [-0.2, -0.15) is 0 Å². The van der Waals surface area contributed by atoms with Gasteiger partial charge in [0, 0.05) is 12.0 Å². The second kappa shape index (κ2) is 7.10. The highest BCUT2D eigenvalue weighted by Crippen LogP contribution is 2.16. The third kappa shape index (κ3) is 4.53. The largest absolute Gasteiger partial charge is 0.351 e. The Labute approximate surface area is 116 Å². The summed E-state index contributed by atoms with van der Waals surface area (Å²) in [5, 5.41) is 0. The first-order chi connectivity index (χ1) is 9.25. The molecule has 2 aromatic carbocycles. The first-order valence-electron chi connectivity index (χ1n) is 7.19. The van der Waals surface area contributed by atoms with Crippen LogP contribution in [0.15, 0.2) is 54.6 Å². The molecule has 0 saturated heterocycles. The molecule has 0 amide bonds. The van der Waals surface area contributed by atoms with Crippen LogP contribution in [0.5, 0.6) is 0 Å². The fraction of sp³-hybridized carbons (Fsp3) is 0.333. The fourth-order valence-corrected chi connectivity index (χ4v) is 2.37. The molecule has 19 heavy (non-hydrogen) atoms. The minimum absolute atomic E-state index is 0.430. The molecule has 2 rings (SSSR count). The standard InChI is InChI=1S/C18H23N/c1-15-11-13-16(14-12-15)7-5-6-10-18(19)17-8-3-2-4-9-17/h2-4,8-9,11-14,18H,5-7,10,19H2,1H3/p+1. The molecule has 2 aromatic rings. The highest BCUT2D eigenvalue weighted by atomic mass is 14.6. The lowest BCUT2D eigenvalue weighted by Crippen LogP contribution is -2.53. The topological polar surface area (TPSA) is 27.6 Å². The zero-order valence-electron chi connectivity index (χ0n) is 11.8. The predicted octanol–water partition coefficient (Wildman–Crippen LogP) is 3.69. The van der Waals surface area contributed by atoms with Crippen LogP contribution in [0.25, 0.3) is 0 Å². The van der Waals surface area contributed by atoms with Gasteiger partial charge >= 0.3 is 0 Å². The lowest BCUT2D eigenvalue weighted by molar-refractivity contribution is -0.428. The van der Waals surface area contributed by atoms with Crippen molar-refractivity contribution >= 4 is 0 Å². The molecule has 0 aliphatic carbocycles. The molecule has 0 spiro atoms. The van der Waals surface area contributed by atoms with E-state index in [1.807, 2.05) is 0 Å². The van der Waals surface area contributed by atoms with Crippen molar-refractivity contribution in [3.63, 3.8) is 0 Å². The Morgan fingerprint density at radius 3 is 2.26 bits per heavy atom. The Balaban J connectivity index is 1.71. The van der Waals surface area contributed by atoms with E-state index < -0.39 is 0 Å². The number of hydrogen-bond donors (Lipinski definition) is 1. The van der Waals surface area contributed by atoms with Gasteiger partial charge in [0.1, 0.15) is 6.04 Å². The molecule has 0 bridgehead atoms. The Morgan fingerprint density at radius 2 is 1.58 bits per heavy atom. The first kappa shape index (κ1) is 13.8. The maximum Gasteiger partial charge on any atom is 0.110 e. The summed E-state index contributed by atoms with van der Waals surface area (Å²) in [6, 6.07) is 19.9. The van der Waals surface area contributed by atoms with Crippen LogP contribution in [-0.4, -0.2) is 0 Å². The van der Waals surface area contributed by atoms with Crippen LogP contribution in [0.2, 0.25) is 0 Å². The molecular weight excluding hydrogens is 230 g/mol. The van der Waals surface area contributed by atoms with Crippen molar-refractivity contribution in [2.45, 2.75) is 38.6 Å². The molecule has 100 valence electrons. The molecule has 1 nitrogen and oxygen atoms in total. The lowest BCUT2D eigenvalue weighted by atomic mass is 9.99. The molecule has 0 aliphatic heterocycles. The summed E-state index contributed by atoms with van der Waals surface area (Å²) >= 11 is 0. The molecular formula is C18H24N+. The van der Waals surface area contributed by atoms with Crippen LogP contribution >= 0.6 is 0 Å². The molecule has 0 radical (unpaired) electrons. The SMILES string of the molecule is Cc1ccc(CCCCC([NH3+])c2ccccc2)cc1. The summed E-state index contributed by atoms with van der Waals surface area (Å²) in [7, 11) is 0. The maximum absolute atomic E-state index is 4.26. The molecule has 1 unspecified atom stereocenters. The molecule has 0 aromatic heterocycles. The van der Waals surface area contributed by atoms with E-state index in [4.69, 9.17) is 0 Å². The molecule has 0 fully saturated rings. The van der Waals surface area contributed by atoms with Crippen LogP contribution in [0, 0.1) is 6.92 Å². The second-order valence-corrected chi connectivity index (χ2v) is 5.34. The summed E-state index contributed by atoms with van der Waals surface area (Å²) in [6.07, 6.45) is 4.86. The van der Waals surface area contributed by atoms with E-state index in [0.29, 0.717) is 6.04 Å². The summed E-state index contributed by atoms with van der Waals surface area (Å²) in [5.41, 5.74) is 8.41. The summed E-state index contributed by atoms with van der Waals surface area (Å²) in [4.78, 5) is 0. The van der Waals surface area contributed by atoms with E-state index in [2.05, 4.69) is 67.3 Å². The zero-order chi connectivity index (χ0) is 13.5. The Bertz CT molecular complexity index is 473. The molecule has 0 aliphatic rings. The van der Waals surface area contributed by atoms with Crippen molar-refractivity contribution in [3.8, 4) is 0 Å². The highest BCUT2D eigenvalue weighted by Gasteiger charge is 2.07. The monoisotopic (exact) mass is 254 g/mol. The molecule has 3 N–H and O–H groups in total. The van der Waals surface area contributed by atoms with E-state index >= 15 is 0 Å². The summed E-state index contributed by atoms with van der Waals surface area (Å²) in [6.45, 7) is 2.14. The number of aryl methyl sites for hydroxylation is 2. The van der Waals surface area contributed by atoms with Gasteiger partial charge in [-0.05, 0) is 31.7 Å². The molecule has 1 heteroatoms. The first-order valence-corrected chi connectivity index (χ1v) is 7.19. The van der Waals surface area contributed by atoms with Gasteiger partial charge in [-0.1, -0.05) is 60.2 Å². The highest BCUT2D eigenvalue weighted by molar-refractivity contribution is 5.21. The van der Waals surface area contributed by atoms with Crippen molar-refractivity contribution in [1.82, 2.24) is 0 Å². The minimum Gasteiger partial charge on any atom is -0.351 e. The maximum atomic E-state index is 4.26. The van der Waals surface area contributed by atoms with Gasteiger partial charge in [0.2, 0.25) is 0 Å². The number of rotatable bonds is 6. The summed E-state index contributed by atoms with van der Waals surface area (Å²) in [5.74, 6) is 0. The normalized spacial score (nSPS) is 12.3. The van der Waals surface area contributed by atoms with Crippen molar-refractivity contribution in [2.24, 2.45) is 0 Å². The summed E-state index contributed by atoms with van der Waals surface area (Å²) < 4.78 is 0. The third-order valence-corrected chi connectivity index (χ3v) is 3.66. The average molecular weight is 254 g/mol. The number of unbranched alkanes of at least 4 members (excludes halogenated alkanes) is 1. The van der Waals surface area contributed by atoms with E-state index in [1.165, 1.54) is 42.4 Å². The van der Waals surface area contributed by atoms with Gasteiger partial charge in [-0.3, -0.25) is 0 Å². The molecule has 1 atom stereocenters. The Kier molecular flexibility index (Phi) is 5.17. The van der Waals surface area contributed by atoms with Gasteiger partial charge in [0.25, 0.3) is 0 Å². The van der Waals surface area contributed by atoms with Crippen molar-refractivity contribution in [1.29, 1.82) is 0 Å². The van der Waals surface area contributed by atoms with Crippen LogP contribution in [0.1, 0.15) is 42.0 Å². The minimum atomic E-state index is 0.430. The van der Waals surface area contributed by atoms with Crippen LogP contribution in [0.4, 0.5) is 0 Å². The molecule has 0 saturated carbocycles. The van der Waals surface area contributed by atoms with E-state index in [-0.39, 0.29) is 0 Å². The lowest BCUT2D eigenvalue weighted by Gasteiger charge is -2.08. The van der Waals surface area contributed by atoms with Gasteiger partial charge in [0.15, 0.2) is 0 Å². The Hall–Kier alpha value is -1.60. The van der Waals surface area contributed by atoms with E-state index in [0.717, 1.165) is 0 Å². The number of quaternary nitrogens is 1. The van der Waals surface area contributed by atoms with E-state index in [9.17, 15) is 0 Å². The molecule has 0 heterocycles. The van der Waals surface area contributed by atoms with Gasteiger partial charge in [-0.25, -0.2) is 0 Å². The predicted molar refractivity (Wildman–Crippen MR) is 80.8 cm³/mol. The van der Waals surface area contributed by atoms with Crippen LogP contribution in [-0.2, 0) is 6.42 Å². The average Bonchev–Trinajstić information content (AvgIpc) is 2.46. The van der Waals surface area contributed by atoms with Crippen molar-refractivity contribution in [2.75, 3.05) is 0 Å². The smallest absolute Gasteiger partial charge is 0.110 e. The van der Waals surface area contributed by atoms with Gasteiger partial charge in [-0.15, -0.1) is 0 Å². The van der Waals surface area contributed by atoms with Crippen molar-refractivity contribution in [3.05, 3.63) is 71.3 Å². The van der Waals surface area contributed by atoms with Gasteiger partial charge in [0.05, 0.1) is 0 Å². The van der Waals surface area contributed by atoms with Crippen molar-refractivity contribution < 1.29 is 5.73 Å². The number of hydrogen-bond acceptors (Lipinski definition) is 0. The fourth-order valence-electron chi connectivity index (χ4n) is 2.37. The van der Waals surface area contributed by atoms with E-state index in [1.54, 1.807) is 0 Å². The van der Waals surface area contributed by atoms with Gasteiger partial charge < -0.3 is 5.73 Å². The number of benzene rings is 2.